The van der Waals surface area contributed by atoms with Crippen molar-refractivity contribution >= 4 is 20.9 Å². The van der Waals surface area contributed by atoms with Crippen LogP contribution in [0.2, 0.25) is 18.1 Å². The van der Waals surface area contributed by atoms with Gasteiger partial charge in [0.25, 0.3) is 0 Å². The van der Waals surface area contributed by atoms with E-state index < -0.39 is 8.32 Å². The lowest BCUT2D eigenvalue weighted by molar-refractivity contribution is -0.118. The van der Waals surface area contributed by atoms with Crippen LogP contribution in [0.25, 0.3) is 0 Å². The van der Waals surface area contributed by atoms with Gasteiger partial charge in [-0.05, 0) is 18.1 Å². The molecule has 0 saturated heterocycles. The van der Waals surface area contributed by atoms with Gasteiger partial charge >= 0.3 is 0 Å². The molecule has 0 N–H and O–H groups in total. The maximum atomic E-state index is 10.9. The van der Waals surface area contributed by atoms with Gasteiger partial charge in [-0.25, -0.2) is 0 Å². The molecule has 4 heteroatoms. The van der Waals surface area contributed by atoms with Gasteiger partial charge in [0.15, 0.2) is 8.32 Å². The first-order valence-corrected chi connectivity index (χ1v) is 9.06. The van der Waals surface area contributed by atoms with Gasteiger partial charge in [-0.3, -0.25) is 0 Å². The second-order valence-electron chi connectivity index (χ2n) is 6.33. The van der Waals surface area contributed by atoms with E-state index in [0.717, 1.165) is 12.6 Å². The molecule has 0 heterocycles. The Morgan fingerprint density at radius 2 is 1.35 bits per heavy atom. The van der Waals surface area contributed by atoms with E-state index in [1.807, 2.05) is 13.8 Å². The predicted molar refractivity (Wildman–Crippen MR) is 72.5 cm³/mol. The van der Waals surface area contributed by atoms with E-state index in [-0.39, 0.29) is 23.0 Å². The summed E-state index contributed by atoms with van der Waals surface area (Å²) in [6.45, 7) is 14.3. The Labute approximate surface area is 106 Å². The molecule has 0 aromatic rings. The molecule has 0 aromatic carbocycles. The maximum Gasteiger partial charge on any atom is 0.192 e. The number of hydrogen-bond donors (Lipinski definition) is 0. The highest BCUT2D eigenvalue weighted by Gasteiger charge is 2.41. The van der Waals surface area contributed by atoms with Crippen molar-refractivity contribution in [2.24, 2.45) is 11.8 Å². The van der Waals surface area contributed by atoms with Gasteiger partial charge < -0.3 is 14.0 Å². The summed E-state index contributed by atoms with van der Waals surface area (Å²) in [5, 5.41) is 0.0798. The molecule has 2 atom stereocenters. The monoisotopic (exact) mass is 258 g/mol. The van der Waals surface area contributed by atoms with Crippen LogP contribution in [0.3, 0.4) is 0 Å². The lowest BCUT2D eigenvalue weighted by atomic mass is 9.96. The summed E-state index contributed by atoms with van der Waals surface area (Å²) in [7, 11) is -1.94. The van der Waals surface area contributed by atoms with E-state index in [4.69, 9.17) is 4.43 Å². The average molecular weight is 258 g/mol. The first-order valence-electron chi connectivity index (χ1n) is 6.15. The third-order valence-electron chi connectivity index (χ3n) is 3.70. The van der Waals surface area contributed by atoms with Crippen LogP contribution < -0.4 is 0 Å². The van der Waals surface area contributed by atoms with E-state index >= 15 is 0 Å². The van der Waals surface area contributed by atoms with Crippen LogP contribution >= 0.6 is 0 Å². The Morgan fingerprint density at radius 1 is 1.00 bits per heavy atom. The summed E-state index contributed by atoms with van der Waals surface area (Å²) < 4.78 is 6.18. The van der Waals surface area contributed by atoms with Crippen LogP contribution in [0, 0.1) is 11.8 Å². The number of aldehydes is 2. The molecule has 3 nitrogen and oxygen atoms in total. The molecule has 0 saturated carbocycles. The quantitative estimate of drug-likeness (QED) is 0.543. The summed E-state index contributed by atoms with van der Waals surface area (Å²) in [6, 6.07) is 0. The number of carbonyl (C=O) groups excluding carboxylic acids is 2. The second kappa shape index (κ2) is 5.91. The van der Waals surface area contributed by atoms with Crippen molar-refractivity contribution in [3.05, 3.63) is 0 Å². The summed E-state index contributed by atoms with van der Waals surface area (Å²) in [4.78, 5) is 21.8. The topological polar surface area (TPSA) is 43.4 Å². The molecule has 0 spiro atoms. The molecule has 100 valence electrons. The molecule has 0 rings (SSSR count). The fourth-order valence-electron chi connectivity index (χ4n) is 1.37. The Hall–Kier alpha value is -0.483. The first kappa shape index (κ1) is 16.5. The van der Waals surface area contributed by atoms with Crippen molar-refractivity contribution in [1.82, 2.24) is 0 Å². The molecule has 0 bridgehead atoms. The fourth-order valence-corrected chi connectivity index (χ4v) is 2.83. The lowest BCUT2D eigenvalue weighted by Crippen LogP contribution is -2.47. The van der Waals surface area contributed by atoms with Crippen LogP contribution in [-0.4, -0.2) is 27.0 Å². The standard InChI is InChI=1S/C13H26O3Si/c1-10(8-14)12(11(2)9-15)16-17(6,7)13(3,4)5/h8-12H,1-7H3. The van der Waals surface area contributed by atoms with Crippen molar-refractivity contribution in [2.45, 2.75) is 58.9 Å². The SMILES string of the molecule is CC(C=O)C(O[Si](C)(C)C(C)(C)C)C(C)C=O. The van der Waals surface area contributed by atoms with E-state index in [0.29, 0.717) is 0 Å². The van der Waals surface area contributed by atoms with Crippen LogP contribution in [0.1, 0.15) is 34.6 Å². The minimum absolute atomic E-state index is 0.0798. The lowest BCUT2D eigenvalue weighted by Gasteiger charge is -2.41. The zero-order valence-electron chi connectivity index (χ0n) is 12.1. The number of carbonyl (C=O) groups is 2. The zero-order chi connectivity index (χ0) is 13.9. The average Bonchev–Trinajstić information content (AvgIpc) is 2.22. The third kappa shape index (κ3) is 4.35. The Kier molecular flexibility index (Phi) is 5.74. The van der Waals surface area contributed by atoms with Crippen molar-refractivity contribution in [1.29, 1.82) is 0 Å². The van der Waals surface area contributed by atoms with Crippen LogP contribution in [0.15, 0.2) is 0 Å². The van der Waals surface area contributed by atoms with Gasteiger partial charge in [0.1, 0.15) is 12.6 Å². The minimum atomic E-state index is -1.94. The van der Waals surface area contributed by atoms with Crippen molar-refractivity contribution < 1.29 is 14.0 Å². The zero-order valence-corrected chi connectivity index (χ0v) is 13.1. The summed E-state index contributed by atoms with van der Waals surface area (Å²) >= 11 is 0. The molecular weight excluding hydrogens is 232 g/mol. The van der Waals surface area contributed by atoms with Gasteiger partial charge in [-0.15, -0.1) is 0 Å². The highest BCUT2D eigenvalue weighted by Crippen LogP contribution is 2.38. The van der Waals surface area contributed by atoms with Crippen molar-refractivity contribution in [3.63, 3.8) is 0 Å². The number of hydrogen-bond acceptors (Lipinski definition) is 3. The molecule has 0 aliphatic carbocycles. The van der Waals surface area contributed by atoms with Gasteiger partial charge in [0.2, 0.25) is 0 Å². The Balaban J connectivity index is 4.99. The van der Waals surface area contributed by atoms with Gasteiger partial charge in [-0.1, -0.05) is 34.6 Å². The number of rotatable bonds is 6. The van der Waals surface area contributed by atoms with Crippen molar-refractivity contribution in [3.8, 4) is 0 Å². The smallest absolute Gasteiger partial charge is 0.192 e. The molecule has 0 aliphatic heterocycles. The molecule has 0 amide bonds. The van der Waals surface area contributed by atoms with Crippen LogP contribution in [-0.2, 0) is 14.0 Å². The van der Waals surface area contributed by atoms with E-state index in [2.05, 4.69) is 33.9 Å². The van der Waals surface area contributed by atoms with E-state index in [1.165, 1.54) is 0 Å². The van der Waals surface area contributed by atoms with Gasteiger partial charge in [0, 0.05) is 11.8 Å². The van der Waals surface area contributed by atoms with E-state index in [9.17, 15) is 9.59 Å². The summed E-state index contributed by atoms with van der Waals surface area (Å²) in [6.07, 6.45) is 1.45. The first-order chi connectivity index (χ1) is 7.56. The molecule has 0 aliphatic rings. The highest BCUT2D eigenvalue weighted by molar-refractivity contribution is 6.74. The van der Waals surface area contributed by atoms with E-state index in [1.54, 1.807) is 0 Å². The van der Waals surface area contributed by atoms with Crippen molar-refractivity contribution in [2.75, 3.05) is 0 Å². The maximum absolute atomic E-state index is 10.9. The summed E-state index contributed by atoms with van der Waals surface area (Å²) in [5.41, 5.74) is 0. The van der Waals surface area contributed by atoms with Crippen LogP contribution in [0.5, 0.6) is 0 Å². The van der Waals surface area contributed by atoms with Crippen LogP contribution in [0.4, 0.5) is 0 Å². The normalized spacial score (nSPS) is 18.3. The third-order valence-corrected chi connectivity index (χ3v) is 8.18. The second-order valence-corrected chi connectivity index (χ2v) is 11.1. The summed E-state index contributed by atoms with van der Waals surface area (Å²) in [5.74, 6) is -0.492. The molecule has 2 unspecified atom stereocenters. The Morgan fingerprint density at radius 3 is 1.59 bits per heavy atom. The molecule has 0 fully saturated rings. The fraction of sp³-hybridized carbons (Fsp3) is 0.846. The van der Waals surface area contributed by atoms with Gasteiger partial charge in [0.05, 0.1) is 6.10 Å². The Bertz CT molecular complexity index is 254. The molecular formula is C13H26O3Si. The molecule has 0 aromatic heterocycles. The molecule has 0 radical (unpaired) electrons. The molecule has 17 heavy (non-hydrogen) atoms. The largest absolute Gasteiger partial charge is 0.413 e. The highest BCUT2D eigenvalue weighted by atomic mass is 28.4. The van der Waals surface area contributed by atoms with Gasteiger partial charge in [-0.2, -0.15) is 0 Å². The predicted octanol–water partition coefficient (Wildman–Crippen LogP) is 3.05. The minimum Gasteiger partial charge on any atom is -0.413 e.